The second kappa shape index (κ2) is 7.92. The third-order valence-corrected chi connectivity index (χ3v) is 3.37. The summed E-state index contributed by atoms with van der Waals surface area (Å²) in [5.41, 5.74) is 1.83. The van der Waals surface area contributed by atoms with E-state index in [4.69, 9.17) is 4.74 Å². The highest BCUT2D eigenvalue weighted by atomic mass is 16.5. The van der Waals surface area contributed by atoms with Crippen LogP contribution in [0.3, 0.4) is 0 Å². The van der Waals surface area contributed by atoms with Gasteiger partial charge in [-0.2, -0.15) is 0 Å². The molecule has 0 unspecified atom stereocenters. The van der Waals surface area contributed by atoms with Gasteiger partial charge in [0.15, 0.2) is 11.5 Å². The van der Waals surface area contributed by atoms with Gasteiger partial charge >= 0.3 is 0 Å². The second-order valence-corrected chi connectivity index (χ2v) is 5.21. The van der Waals surface area contributed by atoms with E-state index in [-0.39, 0.29) is 11.6 Å². The molecule has 0 saturated heterocycles. The smallest absolute Gasteiger partial charge is 0.276 e. The van der Waals surface area contributed by atoms with Crippen LogP contribution in [0.25, 0.3) is 0 Å². The van der Waals surface area contributed by atoms with Crippen LogP contribution in [-0.4, -0.2) is 22.7 Å². The molecule has 1 amide bonds. The standard InChI is InChI=1S/C19H18N4O2/c1-2-25-16-10-8-15(9-11-16)20-18-13-12-17(22-23-18)19(24)21-14-6-4-3-5-7-14/h3-13H,2H2,1H3,(H,20,23)(H,21,24). The third-order valence-electron chi connectivity index (χ3n) is 3.37. The number of hydrogen-bond donors (Lipinski definition) is 2. The highest BCUT2D eigenvalue weighted by Crippen LogP contribution is 2.18. The Morgan fingerprint density at radius 3 is 2.32 bits per heavy atom. The molecule has 0 bridgehead atoms. The minimum absolute atomic E-state index is 0.251. The van der Waals surface area contributed by atoms with Crippen molar-refractivity contribution < 1.29 is 9.53 Å². The number of amides is 1. The summed E-state index contributed by atoms with van der Waals surface area (Å²) in [5, 5.41) is 13.9. The molecule has 0 aliphatic rings. The van der Waals surface area contributed by atoms with E-state index in [1.54, 1.807) is 12.1 Å². The molecule has 25 heavy (non-hydrogen) atoms. The lowest BCUT2D eigenvalue weighted by Gasteiger charge is -2.08. The average Bonchev–Trinajstić information content (AvgIpc) is 2.65. The van der Waals surface area contributed by atoms with Gasteiger partial charge in [0.25, 0.3) is 5.91 Å². The van der Waals surface area contributed by atoms with Crippen molar-refractivity contribution in [3.05, 3.63) is 72.4 Å². The van der Waals surface area contributed by atoms with Gasteiger partial charge in [0.05, 0.1) is 6.61 Å². The number of carbonyl (C=O) groups is 1. The quantitative estimate of drug-likeness (QED) is 0.715. The summed E-state index contributed by atoms with van der Waals surface area (Å²) >= 11 is 0. The molecule has 0 fully saturated rings. The maximum absolute atomic E-state index is 12.1. The van der Waals surface area contributed by atoms with Gasteiger partial charge in [-0.1, -0.05) is 18.2 Å². The van der Waals surface area contributed by atoms with Gasteiger partial charge in [0, 0.05) is 11.4 Å². The van der Waals surface area contributed by atoms with E-state index < -0.39 is 0 Å². The van der Waals surface area contributed by atoms with Gasteiger partial charge in [0.2, 0.25) is 0 Å². The number of rotatable bonds is 6. The first-order valence-corrected chi connectivity index (χ1v) is 7.94. The molecule has 1 heterocycles. The Bertz CT molecular complexity index is 818. The molecule has 3 aromatic rings. The van der Waals surface area contributed by atoms with E-state index in [2.05, 4.69) is 20.8 Å². The number of ether oxygens (including phenoxy) is 1. The minimum atomic E-state index is -0.300. The van der Waals surface area contributed by atoms with Crippen LogP contribution < -0.4 is 15.4 Å². The Morgan fingerprint density at radius 1 is 0.920 bits per heavy atom. The molecule has 0 saturated carbocycles. The van der Waals surface area contributed by atoms with Crippen LogP contribution in [0.1, 0.15) is 17.4 Å². The molecular formula is C19H18N4O2. The van der Waals surface area contributed by atoms with E-state index in [9.17, 15) is 4.79 Å². The van der Waals surface area contributed by atoms with Crippen molar-refractivity contribution in [3.63, 3.8) is 0 Å². The predicted octanol–water partition coefficient (Wildman–Crippen LogP) is 3.87. The SMILES string of the molecule is CCOc1ccc(Nc2ccc(C(=O)Nc3ccccc3)nn2)cc1. The number of aromatic nitrogens is 2. The molecule has 6 heteroatoms. The number of nitrogens with one attached hydrogen (secondary N) is 2. The van der Waals surface area contributed by atoms with Crippen LogP contribution >= 0.6 is 0 Å². The van der Waals surface area contributed by atoms with E-state index >= 15 is 0 Å². The molecular weight excluding hydrogens is 316 g/mol. The van der Waals surface area contributed by atoms with Gasteiger partial charge in [-0.15, -0.1) is 10.2 Å². The molecule has 3 rings (SSSR count). The highest BCUT2D eigenvalue weighted by Gasteiger charge is 2.08. The monoisotopic (exact) mass is 334 g/mol. The number of nitrogens with zero attached hydrogens (tertiary/aromatic N) is 2. The molecule has 0 aliphatic heterocycles. The summed E-state index contributed by atoms with van der Waals surface area (Å²) < 4.78 is 5.40. The van der Waals surface area contributed by atoms with Crippen LogP contribution in [-0.2, 0) is 0 Å². The zero-order valence-electron chi connectivity index (χ0n) is 13.8. The van der Waals surface area contributed by atoms with Crippen molar-refractivity contribution in [2.45, 2.75) is 6.92 Å². The van der Waals surface area contributed by atoms with E-state index in [1.807, 2.05) is 61.5 Å². The van der Waals surface area contributed by atoms with Crippen LogP contribution in [0.2, 0.25) is 0 Å². The molecule has 2 N–H and O–H groups in total. The number of anilines is 3. The molecule has 2 aromatic carbocycles. The lowest BCUT2D eigenvalue weighted by molar-refractivity contribution is 0.102. The largest absolute Gasteiger partial charge is 0.494 e. The van der Waals surface area contributed by atoms with Crippen molar-refractivity contribution in [1.29, 1.82) is 0 Å². The van der Waals surface area contributed by atoms with Crippen molar-refractivity contribution in [2.24, 2.45) is 0 Å². The highest BCUT2D eigenvalue weighted by molar-refractivity contribution is 6.02. The maximum Gasteiger partial charge on any atom is 0.276 e. The van der Waals surface area contributed by atoms with E-state index in [0.29, 0.717) is 18.1 Å². The molecule has 6 nitrogen and oxygen atoms in total. The van der Waals surface area contributed by atoms with Gasteiger partial charge in [0.1, 0.15) is 5.75 Å². The second-order valence-electron chi connectivity index (χ2n) is 5.21. The minimum Gasteiger partial charge on any atom is -0.494 e. The zero-order valence-corrected chi connectivity index (χ0v) is 13.8. The molecule has 1 aromatic heterocycles. The van der Waals surface area contributed by atoms with Crippen molar-refractivity contribution in [1.82, 2.24) is 10.2 Å². The van der Waals surface area contributed by atoms with E-state index in [0.717, 1.165) is 11.4 Å². The lowest BCUT2D eigenvalue weighted by atomic mass is 10.3. The molecule has 0 radical (unpaired) electrons. The third kappa shape index (κ3) is 4.54. The van der Waals surface area contributed by atoms with Crippen LogP contribution in [0.5, 0.6) is 5.75 Å². The normalized spacial score (nSPS) is 10.1. The molecule has 0 spiro atoms. The number of carbonyl (C=O) groups excluding carboxylic acids is 1. The van der Waals surface area contributed by atoms with Crippen molar-refractivity contribution in [2.75, 3.05) is 17.2 Å². The zero-order chi connectivity index (χ0) is 17.5. The Kier molecular flexibility index (Phi) is 5.21. The Hall–Kier alpha value is -3.41. The van der Waals surface area contributed by atoms with E-state index in [1.165, 1.54) is 0 Å². The molecule has 126 valence electrons. The Labute approximate surface area is 145 Å². The van der Waals surface area contributed by atoms with Crippen LogP contribution in [0, 0.1) is 0 Å². The first kappa shape index (κ1) is 16.4. The fourth-order valence-corrected chi connectivity index (χ4v) is 2.19. The first-order chi connectivity index (χ1) is 12.2. The molecule has 0 atom stereocenters. The summed E-state index contributed by atoms with van der Waals surface area (Å²) in [6.45, 7) is 2.57. The number of benzene rings is 2. The van der Waals surface area contributed by atoms with Gasteiger partial charge < -0.3 is 15.4 Å². The summed E-state index contributed by atoms with van der Waals surface area (Å²) in [6.07, 6.45) is 0. The Morgan fingerprint density at radius 2 is 1.68 bits per heavy atom. The summed E-state index contributed by atoms with van der Waals surface area (Å²) in [7, 11) is 0. The van der Waals surface area contributed by atoms with Gasteiger partial charge in [-0.3, -0.25) is 4.79 Å². The first-order valence-electron chi connectivity index (χ1n) is 7.94. The predicted molar refractivity (Wildman–Crippen MR) is 97.3 cm³/mol. The summed E-state index contributed by atoms with van der Waals surface area (Å²) in [6, 6.07) is 20.1. The average molecular weight is 334 g/mol. The fraction of sp³-hybridized carbons (Fsp3) is 0.105. The lowest BCUT2D eigenvalue weighted by Crippen LogP contribution is -2.14. The Balaban J connectivity index is 1.62. The van der Waals surface area contributed by atoms with Crippen LogP contribution in [0.15, 0.2) is 66.7 Å². The summed E-state index contributed by atoms with van der Waals surface area (Å²) in [5.74, 6) is 1.07. The number of hydrogen-bond acceptors (Lipinski definition) is 5. The molecule has 0 aliphatic carbocycles. The fourth-order valence-electron chi connectivity index (χ4n) is 2.19. The topological polar surface area (TPSA) is 76.1 Å². The number of para-hydroxylation sites is 1. The van der Waals surface area contributed by atoms with Crippen molar-refractivity contribution >= 4 is 23.1 Å². The maximum atomic E-state index is 12.1. The van der Waals surface area contributed by atoms with Crippen LogP contribution in [0.4, 0.5) is 17.2 Å². The van der Waals surface area contributed by atoms with Gasteiger partial charge in [-0.25, -0.2) is 0 Å². The van der Waals surface area contributed by atoms with Crippen molar-refractivity contribution in [3.8, 4) is 5.75 Å². The van der Waals surface area contributed by atoms with Gasteiger partial charge in [-0.05, 0) is 55.5 Å². The summed E-state index contributed by atoms with van der Waals surface area (Å²) in [4.78, 5) is 12.1.